The van der Waals surface area contributed by atoms with Crippen LogP contribution in [-0.4, -0.2) is 12.6 Å². The van der Waals surface area contributed by atoms with E-state index in [4.69, 9.17) is 0 Å². The Labute approximate surface area is 83.3 Å². The molecule has 2 N–H and O–H groups in total. The summed E-state index contributed by atoms with van der Waals surface area (Å²) in [4.78, 5) is 10.8. The number of carbonyl (C=O) groups is 1. The standard InChI is InChI=1S/C9H7F3N2O/c10-5-1-4(2-6(11)8(5)12)7-3-13-9(15)14-7/h1-2,7H,3H2,(H2,13,14,15)/t7-/m1/s1. The summed E-state index contributed by atoms with van der Waals surface area (Å²) in [6.07, 6.45) is 0. The topological polar surface area (TPSA) is 41.1 Å². The fourth-order valence-electron chi connectivity index (χ4n) is 1.43. The summed E-state index contributed by atoms with van der Waals surface area (Å²) in [5, 5.41) is 4.87. The Bertz CT molecular complexity index is 399. The first-order chi connectivity index (χ1) is 7.08. The Morgan fingerprint density at radius 2 is 1.80 bits per heavy atom. The van der Waals surface area contributed by atoms with Gasteiger partial charge in [0.05, 0.1) is 6.04 Å². The van der Waals surface area contributed by atoms with E-state index < -0.39 is 29.5 Å². The van der Waals surface area contributed by atoms with Crippen LogP contribution in [0.2, 0.25) is 0 Å². The van der Waals surface area contributed by atoms with Crippen LogP contribution in [-0.2, 0) is 0 Å². The third-order valence-electron chi connectivity index (χ3n) is 2.18. The molecular formula is C9H7F3N2O. The highest BCUT2D eigenvalue weighted by Crippen LogP contribution is 2.20. The highest BCUT2D eigenvalue weighted by atomic mass is 19.2. The number of hydrogen-bond acceptors (Lipinski definition) is 1. The Kier molecular flexibility index (Phi) is 2.26. The van der Waals surface area contributed by atoms with Crippen LogP contribution in [0, 0.1) is 17.5 Å². The minimum Gasteiger partial charge on any atom is -0.336 e. The molecule has 1 heterocycles. The molecule has 1 fully saturated rings. The molecule has 0 saturated carbocycles. The van der Waals surface area contributed by atoms with Crippen molar-refractivity contribution in [3.63, 3.8) is 0 Å². The molecule has 80 valence electrons. The van der Waals surface area contributed by atoms with Gasteiger partial charge >= 0.3 is 6.03 Å². The molecule has 1 aliphatic heterocycles. The van der Waals surface area contributed by atoms with Crippen LogP contribution in [0.15, 0.2) is 12.1 Å². The summed E-state index contributed by atoms with van der Waals surface area (Å²) >= 11 is 0. The van der Waals surface area contributed by atoms with Crippen LogP contribution in [0.25, 0.3) is 0 Å². The fraction of sp³-hybridized carbons (Fsp3) is 0.222. The van der Waals surface area contributed by atoms with Gasteiger partial charge in [-0.05, 0) is 17.7 Å². The zero-order chi connectivity index (χ0) is 11.0. The van der Waals surface area contributed by atoms with Gasteiger partial charge in [0.15, 0.2) is 17.5 Å². The zero-order valence-electron chi connectivity index (χ0n) is 7.48. The van der Waals surface area contributed by atoms with E-state index in [-0.39, 0.29) is 12.1 Å². The fourth-order valence-corrected chi connectivity index (χ4v) is 1.43. The lowest BCUT2D eigenvalue weighted by Gasteiger charge is -2.09. The van der Waals surface area contributed by atoms with Gasteiger partial charge in [-0.2, -0.15) is 0 Å². The molecule has 1 aromatic rings. The lowest BCUT2D eigenvalue weighted by atomic mass is 10.1. The van der Waals surface area contributed by atoms with Gasteiger partial charge in [0.25, 0.3) is 0 Å². The number of amides is 2. The molecule has 2 amide bonds. The van der Waals surface area contributed by atoms with Gasteiger partial charge < -0.3 is 10.6 Å². The number of urea groups is 1. The molecule has 0 bridgehead atoms. The normalized spacial score (nSPS) is 19.9. The van der Waals surface area contributed by atoms with E-state index in [9.17, 15) is 18.0 Å². The first kappa shape index (κ1) is 9.82. The van der Waals surface area contributed by atoms with Gasteiger partial charge in [0.1, 0.15) is 0 Å². The van der Waals surface area contributed by atoms with E-state index in [1.165, 1.54) is 0 Å². The van der Waals surface area contributed by atoms with E-state index in [2.05, 4.69) is 10.6 Å². The molecule has 1 aliphatic rings. The van der Waals surface area contributed by atoms with Crippen molar-refractivity contribution in [1.82, 2.24) is 10.6 Å². The summed E-state index contributed by atoms with van der Waals surface area (Å²) in [5.74, 6) is -4.02. The van der Waals surface area contributed by atoms with Crippen molar-refractivity contribution in [1.29, 1.82) is 0 Å². The quantitative estimate of drug-likeness (QED) is 0.685. The van der Waals surface area contributed by atoms with Crippen molar-refractivity contribution >= 4 is 6.03 Å². The molecule has 3 nitrogen and oxygen atoms in total. The van der Waals surface area contributed by atoms with Crippen LogP contribution >= 0.6 is 0 Å². The maximum atomic E-state index is 12.8. The van der Waals surface area contributed by atoms with Crippen LogP contribution < -0.4 is 10.6 Å². The van der Waals surface area contributed by atoms with Crippen molar-refractivity contribution in [3.05, 3.63) is 35.1 Å². The molecular weight excluding hydrogens is 209 g/mol. The van der Waals surface area contributed by atoms with Crippen LogP contribution in [0.1, 0.15) is 11.6 Å². The number of nitrogens with one attached hydrogen (secondary N) is 2. The highest BCUT2D eigenvalue weighted by Gasteiger charge is 2.23. The maximum absolute atomic E-state index is 12.8. The molecule has 0 aliphatic carbocycles. The van der Waals surface area contributed by atoms with Crippen molar-refractivity contribution in [3.8, 4) is 0 Å². The molecule has 15 heavy (non-hydrogen) atoms. The number of halogens is 3. The Balaban J connectivity index is 2.33. The summed E-state index contributed by atoms with van der Waals surface area (Å²) in [7, 11) is 0. The molecule has 2 rings (SSSR count). The lowest BCUT2D eigenvalue weighted by molar-refractivity contribution is 0.247. The molecule has 6 heteroatoms. The second-order valence-electron chi connectivity index (χ2n) is 3.21. The molecule has 0 unspecified atom stereocenters. The van der Waals surface area contributed by atoms with Crippen molar-refractivity contribution in [2.75, 3.05) is 6.54 Å². The van der Waals surface area contributed by atoms with Gasteiger partial charge in [-0.3, -0.25) is 0 Å². The van der Waals surface area contributed by atoms with E-state index in [1.54, 1.807) is 0 Å². The smallest absolute Gasteiger partial charge is 0.315 e. The van der Waals surface area contributed by atoms with Crippen molar-refractivity contribution < 1.29 is 18.0 Å². The molecule has 1 aromatic carbocycles. The predicted molar refractivity (Wildman–Crippen MR) is 45.6 cm³/mol. The molecule has 0 radical (unpaired) electrons. The maximum Gasteiger partial charge on any atom is 0.315 e. The first-order valence-electron chi connectivity index (χ1n) is 4.26. The van der Waals surface area contributed by atoms with E-state index in [1.807, 2.05) is 0 Å². The van der Waals surface area contributed by atoms with Gasteiger partial charge in [-0.25, -0.2) is 18.0 Å². The van der Waals surface area contributed by atoms with Gasteiger partial charge in [0.2, 0.25) is 0 Å². The van der Waals surface area contributed by atoms with Gasteiger partial charge in [0, 0.05) is 6.54 Å². The minimum atomic E-state index is -1.50. The zero-order valence-corrected chi connectivity index (χ0v) is 7.48. The summed E-state index contributed by atoms with van der Waals surface area (Å²) in [6, 6.07) is 0.805. The highest BCUT2D eigenvalue weighted by molar-refractivity contribution is 5.76. The van der Waals surface area contributed by atoms with E-state index in [0.717, 1.165) is 12.1 Å². The monoisotopic (exact) mass is 216 g/mol. The largest absolute Gasteiger partial charge is 0.336 e. The Morgan fingerprint density at radius 1 is 1.20 bits per heavy atom. The second-order valence-corrected chi connectivity index (χ2v) is 3.21. The SMILES string of the molecule is O=C1NC[C@H](c2cc(F)c(F)c(F)c2)N1. The summed E-state index contributed by atoms with van der Waals surface area (Å²) in [5.41, 5.74) is 0.199. The van der Waals surface area contributed by atoms with Crippen LogP contribution in [0.3, 0.4) is 0 Å². The average Bonchev–Trinajstić information content (AvgIpc) is 2.60. The molecule has 1 saturated heterocycles. The van der Waals surface area contributed by atoms with Gasteiger partial charge in [-0.15, -0.1) is 0 Å². The van der Waals surface area contributed by atoms with Crippen LogP contribution in [0.4, 0.5) is 18.0 Å². The summed E-state index contributed by atoms with van der Waals surface area (Å²) < 4.78 is 38.3. The molecule has 1 atom stereocenters. The summed E-state index contributed by atoms with van der Waals surface area (Å²) in [6.45, 7) is 0.226. The molecule has 0 spiro atoms. The minimum absolute atomic E-state index is 0.199. The van der Waals surface area contributed by atoms with Gasteiger partial charge in [-0.1, -0.05) is 0 Å². The average molecular weight is 216 g/mol. The van der Waals surface area contributed by atoms with E-state index in [0.29, 0.717) is 0 Å². The number of rotatable bonds is 1. The number of carbonyl (C=O) groups excluding carboxylic acids is 1. The third-order valence-corrected chi connectivity index (χ3v) is 2.18. The third kappa shape index (κ3) is 1.74. The van der Waals surface area contributed by atoms with Crippen LogP contribution in [0.5, 0.6) is 0 Å². The Hall–Kier alpha value is -1.72. The Morgan fingerprint density at radius 3 is 2.27 bits per heavy atom. The first-order valence-corrected chi connectivity index (χ1v) is 4.26. The molecule has 0 aromatic heterocycles. The van der Waals surface area contributed by atoms with Crippen molar-refractivity contribution in [2.24, 2.45) is 0 Å². The van der Waals surface area contributed by atoms with E-state index >= 15 is 0 Å². The predicted octanol–water partition coefficient (Wildman–Crippen LogP) is 1.46. The number of hydrogen-bond donors (Lipinski definition) is 2. The number of benzene rings is 1. The van der Waals surface area contributed by atoms with Crippen molar-refractivity contribution in [2.45, 2.75) is 6.04 Å². The lowest BCUT2D eigenvalue weighted by Crippen LogP contribution is -2.21. The second kappa shape index (κ2) is 3.45.